The van der Waals surface area contributed by atoms with Crippen molar-refractivity contribution in [2.75, 3.05) is 6.61 Å². The van der Waals surface area contributed by atoms with E-state index in [-0.39, 0.29) is 5.78 Å². The Balaban J connectivity index is 2.17. The van der Waals surface area contributed by atoms with E-state index in [4.69, 9.17) is 10.5 Å². The van der Waals surface area contributed by atoms with Gasteiger partial charge in [0, 0.05) is 6.42 Å². The third-order valence-electron chi connectivity index (χ3n) is 3.19. The van der Waals surface area contributed by atoms with Crippen LogP contribution in [0, 0.1) is 0 Å². The molecule has 1 aromatic rings. The van der Waals surface area contributed by atoms with Crippen LogP contribution in [0.25, 0.3) is 0 Å². The van der Waals surface area contributed by atoms with E-state index in [0.29, 0.717) is 12.2 Å². The van der Waals surface area contributed by atoms with Crippen molar-refractivity contribution in [3.8, 4) is 5.75 Å². The minimum atomic E-state index is -0.398. The zero-order valence-electron chi connectivity index (χ0n) is 10.2. The number of benzene rings is 1. The van der Waals surface area contributed by atoms with Crippen LogP contribution >= 0.6 is 0 Å². The zero-order valence-corrected chi connectivity index (χ0v) is 10.2. The molecule has 2 rings (SSSR count). The summed E-state index contributed by atoms with van der Waals surface area (Å²) in [4.78, 5) is 12.2. The second-order valence-electron chi connectivity index (χ2n) is 4.51. The van der Waals surface area contributed by atoms with Gasteiger partial charge in [-0.1, -0.05) is 31.9 Å². The fraction of sp³-hybridized carbons (Fsp3) is 0.500. The first-order chi connectivity index (χ1) is 8.24. The molecule has 1 heterocycles. The minimum absolute atomic E-state index is 0.0113. The van der Waals surface area contributed by atoms with E-state index < -0.39 is 6.04 Å². The van der Waals surface area contributed by atoms with Gasteiger partial charge in [-0.25, -0.2) is 0 Å². The molecule has 2 N–H and O–H groups in total. The maximum Gasteiger partial charge on any atom is 0.183 e. The predicted molar refractivity (Wildman–Crippen MR) is 67.5 cm³/mol. The van der Waals surface area contributed by atoms with Crippen LogP contribution in [0.5, 0.6) is 5.75 Å². The molecule has 1 atom stereocenters. The molecule has 0 aromatic heterocycles. The smallest absolute Gasteiger partial charge is 0.183 e. The van der Waals surface area contributed by atoms with Crippen LogP contribution in [-0.4, -0.2) is 18.4 Å². The molecule has 3 nitrogen and oxygen atoms in total. The summed E-state index contributed by atoms with van der Waals surface area (Å²) in [5, 5.41) is 0. The van der Waals surface area contributed by atoms with Crippen LogP contribution in [0.4, 0.5) is 0 Å². The topological polar surface area (TPSA) is 52.3 Å². The van der Waals surface area contributed by atoms with Crippen LogP contribution in [0.3, 0.4) is 0 Å². The summed E-state index contributed by atoms with van der Waals surface area (Å²) in [6.07, 6.45) is 3.69. The van der Waals surface area contributed by atoms with Crippen molar-refractivity contribution >= 4 is 5.78 Å². The van der Waals surface area contributed by atoms with Crippen LogP contribution in [0.15, 0.2) is 18.2 Å². The molecule has 0 aliphatic carbocycles. The normalized spacial score (nSPS) is 15.2. The maximum absolute atomic E-state index is 12.2. The van der Waals surface area contributed by atoms with E-state index >= 15 is 0 Å². The van der Waals surface area contributed by atoms with Crippen LogP contribution in [0.1, 0.15) is 42.1 Å². The summed E-state index contributed by atoms with van der Waals surface area (Å²) in [6, 6.07) is 5.34. The molecule has 1 aromatic carbocycles. The lowest BCUT2D eigenvalue weighted by Gasteiger charge is -2.12. The Bertz CT molecular complexity index is 415. The molecule has 0 saturated heterocycles. The van der Waals surface area contributed by atoms with Crippen molar-refractivity contribution in [2.45, 2.75) is 38.6 Å². The molecule has 17 heavy (non-hydrogen) atoms. The van der Waals surface area contributed by atoms with Gasteiger partial charge in [-0.2, -0.15) is 0 Å². The quantitative estimate of drug-likeness (QED) is 0.794. The number of carbonyl (C=O) groups is 1. The Kier molecular flexibility index (Phi) is 3.79. The minimum Gasteiger partial charge on any atom is -0.492 e. The van der Waals surface area contributed by atoms with Crippen molar-refractivity contribution in [3.63, 3.8) is 0 Å². The van der Waals surface area contributed by atoms with Crippen LogP contribution < -0.4 is 10.5 Å². The highest BCUT2D eigenvalue weighted by Gasteiger charge is 2.23. The molecule has 1 aliphatic rings. The number of hydrogen-bond donors (Lipinski definition) is 1. The number of carbonyl (C=O) groups excluding carboxylic acids is 1. The molecule has 0 saturated carbocycles. The fourth-order valence-corrected chi connectivity index (χ4v) is 2.16. The molecule has 1 aliphatic heterocycles. The first-order valence-electron chi connectivity index (χ1n) is 6.28. The second-order valence-corrected chi connectivity index (χ2v) is 4.51. The van der Waals surface area contributed by atoms with Crippen molar-refractivity contribution in [2.24, 2.45) is 5.73 Å². The Morgan fingerprint density at radius 3 is 3.12 bits per heavy atom. The number of nitrogens with two attached hydrogens (primary N) is 1. The van der Waals surface area contributed by atoms with Crippen molar-refractivity contribution < 1.29 is 9.53 Å². The Labute approximate surface area is 102 Å². The van der Waals surface area contributed by atoms with Crippen LogP contribution in [0.2, 0.25) is 0 Å². The standard InChI is InChI=1S/C14H19NO2/c1-2-3-7-12(15)13(16)11-6-4-5-10-8-9-17-14(10)11/h4-6,12H,2-3,7-9,15H2,1H3. The maximum atomic E-state index is 12.2. The first-order valence-corrected chi connectivity index (χ1v) is 6.28. The van der Waals surface area contributed by atoms with Gasteiger partial charge in [0.25, 0.3) is 0 Å². The van der Waals surface area contributed by atoms with E-state index in [1.54, 1.807) is 0 Å². The molecule has 92 valence electrons. The van der Waals surface area contributed by atoms with E-state index in [1.165, 1.54) is 0 Å². The van der Waals surface area contributed by atoms with Crippen molar-refractivity contribution in [1.29, 1.82) is 0 Å². The van der Waals surface area contributed by atoms with Gasteiger partial charge in [0.05, 0.1) is 18.2 Å². The van der Waals surface area contributed by atoms with Gasteiger partial charge in [-0.3, -0.25) is 4.79 Å². The first kappa shape index (κ1) is 12.1. The third kappa shape index (κ3) is 2.50. The largest absolute Gasteiger partial charge is 0.492 e. The SMILES string of the molecule is CCCCC(N)C(=O)c1cccc2c1OCC2. The summed E-state index contributed by atoms with van der Waals surface area (Å²) in [5.74, 6) is 0.765. The third-order valence-corrected chi connectivity index (χ3v) is 3.19. The second kappa shape index (κ2) is 5.32. The van der Waals surface area contributed by atoms with Gasteiger partial charge >= 0.3 is 0 Å². The molecule has 0 radical (unpaired) electrons. The highest BCUT2D eigenvalue weighted by molar-refractivity contribution is 6.02. The number of hydrogen-bond acceptors (Lipinski definition) is 3. The molecular weight excluding hydrogens is 214 g/mol. The number of Topliss-reactive ketones (excluding diaryl/α,β-unsaturated/α-hetero) is 1. The number of fused-ring (bicyclic) bond motifs is 1. The Morgan fingerprint density at radius 2 is 2.35 bits per heavy atom. The van der Waals surface area contributed by atoms with Gasteiger partial charge in [0.15, 0.2) is 5.78 Å². The number of unbranched alkanes of at least 4 members (excludes halogenated alkanes) is 1. The number of ketones is 1. The Hall–Kier alpha value is -1.35. The molecule has 0 amide bonds. The lowest BCUT2D eigenvalue weighted by Crippen LogP contribution is -2.30. The molecule has 0 bridgehead atoms. The lowest BCUT2D eigenvalue weighted by molar-refractivity contribution is 0.0953. The highest BCUT2D eigenvalue weighted by atomic mass is 16.5. The van der Waals surface area contributed by atoms with Crippen molar-refractivity contribution in [1.82, 2.24) is 0 Å². The van der Waals surface area contributed by atoms with Crippen LogP contribution in [-0.2, 0) is 6.42 Å². The Morgan fingerprint density at radius 1 is 1.53 bits per heavy atom. The van der Waals surface area contributed by atoms with E-state index in [2.05, 4.69) is 6.92 Å². The molecule has 1 unspecified atom stereocenters. The average molecular weight is 233 g/mol. The molecule has 0 spiro atoms. The van der Waals surface area contributed by atoms with Crippen molar-refractivity contribution in [3.05, 3.63) is 29.3 Å². The summed E-state index contributed by atoms with van der Waals surface area (Å²) in [6.45, 7) is 2.77. The van der Waals surface area contributed by atoms with E-state index in [0.717, 1.165) is 37.0 Å². The fourth-order valence-electron chi connectivity index (χ4n) is 2.16. The van der Waals surface area contributed by atoms with Gasteiger partial charge in [-0.15, -0.1) is 0 Å². The predicted octanol–water partition coefficient (Wildman–Crippen LogP) is 2.32. The molecular formula is C14H19NO2. The summed E-state index contributed by atoms with van der Waals surface area (Å²) < 4.78 is 5.53. The monoisotopic (exact) mass is 233 g/mol. The summed E-state index contributed by atoms with van der Waals surface area (Å²) in [7, 11) is 0. The molecule has 3 heteroatoms. The zero-order chi connectivity index (χ0) is 12.3. The number of para-hydroxylation sites is 1. The average Bonchev–Trinajstić information content (AvgIpc) is 2.82. The van der Waals surface area contributed by atoms with Gasteiger partial charge < -0.3 is 10.5 Å². The van der Waals surface area contributed by atoms with Gasteiger partial charge in [0.1, 0.15) is 5.75 Å². The summed E-state index contributed by atoms with van der Waals surface area (Å²) >= 11 is 0. The van der Waals surface area contributed by atoms with E-state index in [9.17, 15) is 4.79 Å². The number of ether oxygens (including phenoxy) is 1. The number of rotatable bonds is 5. The lowest BCUT2D eigenvalue weighted by atomic mass is 9.97. The summed E-state index contributed by atoms with van der Waals surface area (Å²) in [5.41, 5.74) is 7.70. The van der Waals surface area contributed by atoms with E-state index in [1.807, 2.05) is 18.2 Å². The van der Waals surface area contributed by atoms with Gasteiger partial charge in [-0.05, 0) is 18.1 Å². The van der Waals surface area contributed by atoms with Gasteiger partial charge in [0.2, 0.25) is 0 Å². The highest BCUT2D eigenvalue weighted by Crippen LogP contribution is 2.30. The molecule has 0 fully saturated rings.